The zero-order valence-electron chi connectivity index (χ0n) is 9.72. The van der Waals surface area contributed by atoms with E-state index in [1.165, 1.54) is 12.1 Å². The summed E-state index contributed by atoms with van der Waals surface area (Å²) >= 11 is 0. The second kappa shape index (κ2) is 5.50. The summed E-state index contributed by atoms with van der Waals surface area (Å²) in [5.41, 5.74) is 0.216. The Hall–Kier alpha value is -2.08. The number of hydrogen-bond acceptors (Lipinski definition) is 4. The molecule has 1 fully saturated rings. The number of hydrogen-bond donors (Lipinski definition) is 1. The summed E-state index contributed by atoms with van der Waals surface area (Å²) in [5.74, 6) is -1.31. The van der Waals surface area contributed by atoms with Crippen LogP contribution < -0.4 is 10.4 Å². The van der Waals surface area contributed by atoms with E-state index in [1.807, 2.05) is 0 Å². The van der Waals surface area contributed by atoms with Crippen molar-refractivity contribution in [1.29, 1.82) is 0 Å². The number of urea groups is 1. The molecule has 2 amide bonds. The summed E-state index contributed by atoms with van der Waals surface area (Å²) < 4.78 is 5.14. The average molecular weight is 249 g/mol. The minimum Gasteiger partial charge on any atom is -0.545 e. The molecule has 0 atom stereocenters. The molecular formula is C12H13N2O4-. The van der Waals surface area contributed by atoms with Gasteiger partial charge in [0.25, 0.3) is 0 Å². The number of aromatic carboxylic acids is 1. The van der Waals surface area contributed by atoms with Crippen LogP contribution in [0.15, 0.2) is 24.3 Å². The number of morpholine rings is 1. The first kappa shape index (κ1) is 12.4. The van der Waals surface area contributed by atoms with Gasteiger partial charge in [-0.2, -0.15) is 0 Å². The van der Waals surface area contributed by atoms with Crippen molar-refractivity contribution in [1.82, 2.24) is 4.90 Å². The lowest BCUT2D eigenvalue weighted by Crippen LogP contribution is -2.43. The molecule has 1 aliphatic heterocycles. The van der Waals surface area contributed by atoms with Gasteiger partial charge in [-0.05, 0) is 6.07 Å². The number of carboxylic acids is 1. The maximum Gasteiger partial charge on any atom is 0.322 e. The average Bonchev–Trinajstić information content (AvgIpc) is 2.40. The molecular weight excluding hydrogens is 236 g/mol. The highest BCUT2D eigenvalue weighted by Gasteiger charge is 2.17. The fraction of sp³-hybridized carbons (Fsp3) is 0.333. The number of carbonyl (C=O) groups is 2. The smallest absolute Gasteiger partial charge is 0.322 e. The third-order valence-electron chi connectivity index (χ3n) is 2.69. The molecule has 0 spiro atoms. The second-order valence-corrected chi connectivity index (χ2v) is 3.86. The molecule has 0 aliphatic carbocycles. The molecule has 1 aromatic carbocycles. The van der Waals surface area contributed by atoms with Gasteiger partial charge in [0.2, 0.25) is 0 Å². The van der Waals surface area contributed by atoms with Gasteiger partial charge in [0.1, 0.15) is 0 Å². The highest BCUT2D eigenvalue weighted by atomic mass is 16.5. The molecule has 18 heavy (non-hydrogen) atoms. The minimum atomic E-state index is -1.31. The van der Waals surface area contributed by atoms with E-state index in [-0.39, 0.29) is 17.3 Å². The first-order valence-electron chi connectivity index (χ1n) is 5.62. The molecule has 0 radical (unpaired) electrons. The first-order valence-corrected chi connectivity index (χ1v) is 5.62. The minimum absolute atomic E-state index is 0.0286. The third kappa shape index (κ3) is 2.78. The number of carbonyl (C=O) groups excluding carboxylic acids is 2. The lowest BCUT2D eigenvalue weighted by Gasteiger charge is -2.27. The summed E-state index contributed by atoms with van der Waals surface area (Å²) in [7, 11) is 0. The number of carboxylic acid groups (broad SMARTS) is 1. The van der Waals surface area contributed by atoms with E-state index >= 15 is 0 Å². The normalized spacial score (nSPS) is 15.2. The van der Waals surface area contributed by atoms with Crippen LogP contribution in [0.5, 0.6) is 0 Å². The van der Waals surface area contributed by atoms with E-state index in [0.29, 0.717) is 26.3 Å². The fourth-order valence-electron chi connectivity index (χ4n) is 1.73. The number of nitrogens with one attached hydrogen (secondary N) is 1. The number of para-hydroxylation sites is 1. The van der Waals surface area contributed by atoms with Gasteiger partial charge in [-0.1, -0.05) is 18.2 Å². The molecule has 0 saturated carbocycles. The van der Waals surface area contributed by atoms with Crippen molar-refractivity contribution in [3.8, 4) is 0 Å². The van der Waals surface area contributed by atoms with Crippen molar-refractivity contribution < 1.29 is 19.4 Å². The van der Waals surface area contributed by atoms with E-state index in [1.54, 1.807) is 17.0 Å². The maximum absolute atomic E-state index is 11.9. The summed E-state index contributed by atoms with van der Waals surface area (Å²) in [6.45, 7) is 1.99. The molecule has 6 heteroatoms. The Kier molecular flexibility index (Phi) is 3.78. The van der Waals surface area contributed by atoms with Gasteiger partial charge in [0.05, 0.1) is 24.9 Å². The topological polar surface area (TPSA) is 81.7 Å². The summed E-state index contributed by atoms with van der Waals surface area (Å²) in [4.78, 5) is 24.4. The van der Waals surface area contributed by atoms with Crippen LogP contribution in [0.1, 0.15) is 10.4 Å². The SMILES string of the molecule is O=C([O-])c1ccccc1NC(=O)N1CCOCC1. The lowest BCUT2D eigenvalue weighted by atomic mass is 10.2. The first-order chi connectivity index (χ1) is 8.68. The van der Waals surface area contributed by atoms with Gasteiger partial charge >= 0.3 is 6.03 Å². The lowest BCUT2D eigenvalue weighted by molar-refractivity contribution is -0.254. The van der Waals surface area contributed by atoms with Crippen LogP contribution in [0.2, 0.25) is 0 Å². The Morgan fingerprint density at radius 1 is 1.22 bits per heavy atom. The number of amides is 2. The van der Waals surface area contributed by atoms with Crippen molar-refractivity contribution in [2.45, 2.75) is 0 Å². The van der Waals surface area contributed by atoms with Gasteiger partial charge in [-0.3, -0.25) is 0 Å². The zero-order chi connectivity index (χ0) is 13.0. The van der Waals surface area contributed by atoms with Crippen LogP contribution in [0.4, 0.5) is 10.5 Å². The molecule has 0 aromatic heterocycles. The summed E-state index contributed by atoms with van der Waals surface area (Å²) in [5, 5.41) is 13.5. The predicted octanol–water partition coefficient (Wildman–Crippen LogP) is -0.0858. The Labute approximate surface area is 104 Å². The van der Waals surface area contributed by atoms with Gasteiger partial charge < -0.3 is 24.9 Å². The number of anilines is 1. The van der Waals surface area contributed by atoms with Crippen LogP contribution in [-0.2, 0) is 4.74 Å². The highest BCUT2D eigenvalue weighted by Crippen LogP contribution is 2.15. The van der Waals surface area contributed by atoms with Crippen molar-refractivity contribution >= 4 is 17.7 Å². The molecule has 1 aliphatic rings. The van der Waals surface area contributed by atoms with Gasteiger partial charge in [-0.15, -0.1) is 0 Å². The van der Waals surface area contributed by atoms with Crippen LogP contribution in [0.3, 0.4) is 0 Å². The molecule has 0 unspecified atom stereocenters. The molecule has 1 aromatic rings. The number of rotatable bonds is 2. The Bertz CT molecular complexity index is 455. The molecule has 2 rings (SSSR count). The van der Waals surface area contributed by atoms with Crippen LogP contribution in [0.25, 0.3) is 0 Å². The van der Waals surface area contributed by atoms with E-state index in [0.717, 1.165) is 0 Å². The largest absolute Gasteiger partial charge is 0.545 e. The quantitative estimate of drug-likeness (QED) is 0.794. The molecule has 1 N–H and O–H groups in total. The van der Waals surface area contributed by atoms with E-state index in [4.69, 9.17) is 4.74 Å². The zero-order valence-corrected chi connectivity index (χ0v) is 9.72. The van der Waals surface area contributed by atoms with Crippen LogP contribution >= 0.6 is 0 Å². The number of ether oxygens (including phenoxy) is 1. The molecule has 1 saturated heterocycles. The third-order valence-corrected chi connectivity index (χ3v) is 2.69. The number of benzene rings is 1. The maximum atomic E-state index is 11.9. The van der Waals surface area contributed by atoms with Gasteiger partial charge in [0.15, 0.2) is 0 Å². The van der Waals surface area contributed by atoms with Gasteiger partial charge in [0, 0.05) is 18.7 Å². The Balaban J connectivity index is 2.08. The van der Waals surface area contributed by atoms with Crippen LogP contribution in [-0.4, -0.2) is 43.2 Å². The second-order valence-electron chi connectivity index (χ2n) is 3.86. The van der Waals surface area contributed by atoms with Crippen molar-refractivity contribution in [3.63, 3.8) is 0 Å². The molecule has 0 bridgehead atoms. The van der Waals surface area contributed by atoms with Crippen molar-refractivity contribution in [3.05, 3.63) is 29.8 Å². The Morgan fingerprint density at radius 3 is 2.56 bits per heavy atom. The van der Waals surface area contributed by atoms with Crippen molar-refractivity contribution in [2.24, 2.45) is 0 Å². The van der Waals surface area contributed by atoms with E-state index in [2.05, 4.69) is 5.32 Å². The van der Waals surface area contributed by atoms with Crippen molar-refractivity contribution in [2.75, 3.05) is 31.6 Å². The monoisotopic (exact) mass is 249 g/mol. The molecule has 6 nitrogen and oxygen atoms in total. The summed E-state index contributed by atoms with van der Waals surface area (Å²) in [6.07, 6.45) is 0. The Morgan fingerprint density at radius 2 is 1.89 bits per heavy atom. The highest BCUT2D eigenvalue weighted by molar-refractivity contribution is 5.99. The molecule has 96 valence electrons. The standard InChI is InChI=1S/C12H14N2O4/c15-11(16)9-3-1-2-4-10(9)13-12(17)14-5-7-18-8-6-14/h1-4H,5-8H2,(H,13,17)(H,15,16)/p-1. The van der Waals surface area contributed by atoms with E-state index < -0.39 is 5.97 Å². The van der Waals surface area contributed by atoms with E-state index in [9.17, 15) is 14.7 Å². The summed E-state index contributed by atoms with van der Waals surface area (Å²) in [6, 6.07) is 5.83. The van der Waals surface area contributed by atoms with Gasteiger partial charge in [-0.25, -0.2) is 4.79 Å². The predicted molar refractivity (Wildman–Crippen MR) is 62.2 cm³/mol. The fourth-order valence-corrected chi connectivity index (χ4v) is 1.73. The molecule has 1 heterocycles. The van der Waals surface area contributed by atoms with Crippen LogP contribution in [0, 0.1) is 0 Å². The number of nitrogens with zero attached hydrogens (tertiary/aromatic N) is 1.